The molecule has 1 heterocycles. The Kier molecular flexibility index (Phi) is 1.94. The van der Waals surface area contributed by atoms with Gasteiger partial charge in [-0.1, -0.05) is 6.08 Å². The van der Waals surface area contributed by atoms with Crippen molar-refractivity contribution in [1.82, 2.24) is 4.90 Å². The van der Waals surface area contributed by atoms with Gasteiger partial charge in [0.15, 0.2) is 0 Å². The maximum Gasteiger partial charge on any atom is 0.0363 e. The molecule has 0 unspecified atom stereocenters. The molecule has 1 aliphatic rings. The number of halogens is 1. The molecule has 0 saturated heterocycles. The van der Waals surface area contributed by atoms with Crippen LogP contribution >= 0.6 is 22.6 Å². The molecule has 0 bridgehead atoms. The van der Waals surface area contributed by atoms with Crippen LogP contribution in [0.1, 0.15) is 0 Å². The first kappa shape index (κ1) is 6.13. The predicted molar refractivity (Wildman–Crippen MR) is 43.9 cm³/mol. The second-order valence-corrected chi connectivity index (χ2v) is 3.09. The lowest BCUT2D eigenvalue weighted by molar-refractivity contribution is 0.504. The summed E-state index contributed by atoms with van der Waals surface area (Å²) in [4.78, 5) is 2.14. The Morgan fingerprint density at radius 3 is 2.88 bits per heavy atom. The highest BCUT2D eigenvalue weighted by atomic mass is 127. The molecule has 1 rings (SSSR count). The van der Waals surface area contributed by atoms with Crippen LogP contribution in [0.5, 0.6) is 0 Å². The van der Waals surface area contributed by atoms with Crippen molar-refractivity contribution in [3.63, 3.8) is 0 Å². The molecule has 0 aromatic heterocycles. The smallest absolute Gasteiger partial charge is 0.0363 e. The molecule has 1 aliphatic heterocycles. The zero-order chi connectivity index (χ0) is 5.98. The van der Waals surface area contributed by atoms with E-state index < -0.39 is 0 Å². The number of rotatable bonds is 0. The average molecular weight is 221 g/mol. The van der Waals surface area contributed by atoms with Crippen molar-refractivity contribution in [2.45, 2.75) is 0 Å². The highest BCUT2D eigenvalue weighted by molar-refractivity contribution is 14.1. The van der Waals surface area contributed by atoms with Crippen molar-refractivity contribution >= 4 is 22.6 Å². The second kappa shape index (κ2) is 2.53. The molecule has 1 nitrogen and oxygen atoms in total. The minimum absolute atomic E-state index is 1.05. The van der Waals surface area contributed by atoms with Gasteiger partial charge in [-0.15, -0.1) is 0 Å². The third-order valence-electron chi connectivity index (χ3n) is 1.06. The zero-order valence-corrected chi connectivity index (χ0v) is 6.92. The Balaban J connectivity index is 2.58. The van der Waals surface area contributed by atoms with Gasteiger partial charge in [-0.25, -0.2) is 0 Å². The molecule has 0 spiro atoms. The summed E-state index contributed by atoms with van der Waals surface area (Å²) in [5.41, 5.74) is 0. The van der Waals surface area contributed by atoms with Crippen molar-refractivity contribution in [2.75, 3.05) is 13.6 Å². The summed E-state index contributed by atoms with van der Waals surface area (Å²) in [5, 5.41) is 0. The van der Waals surface area contributed by atoms with E-state index in [1.54, 1.807) is 0 Å². The Morgan fingerprint density at radius 2 is 2.50 bits per heavy atom. The van der Waals surface area contributed by atoms with Gasteiger partial charge in [0.1, 0.15) is 0 Å². The van der Waals surface area contributed by atoms with Crippen molar-refractivity contribution in [1.29, 1.82) is 0 Å². The van der Waals surface area contributed by atoms with Gasteiger partial charge in [0, 0.05) is 23.4 Å². The van der Waals surface area contributed by atoms with Crippen molar-refractivity contribution in [3.8, 4) is 0 Å². The van der Waals surface area contributed by atoms with E-state index in [-0.39, 0.29) is 0 Å². The molecule has 44 valence electrons. The molecule has 0 radical (unpaired) electrons. The molecular weight excluding hydrogens is 213 g/mol. The summed E-state index contributed by atoms with van der Waals surface area (Å²) in [7, 11) is 2.07. The largest absolute Gasteiger partial charge is 0.377 e. The van der Waals surface area contributed by atoms with Crippen LogP contribution in [0.2, 0.25) is 0 Å². The maximum atomic E-state index is 2.31. The third-order valence-corrected chi connectivity index (χ3v) is 1.86. The SMILES string of the molecule is CN1C=CC(I)=CC1. The van der Waals surface area contributed by atoms with Crippen LogP contribution in [0, 0.1) is 0 Å². The molecule has 0 aliphatic carbocycles. The molecule has 0 N–H and O–H groups in total. The lowest BCUT2D eigenvalue weighted by atomic mass is 10.4. The van der Waals surface area contributed by atoms with Crippen LogP contribution in [-0.2, 0) is 0 Å². The quantitative estimate of drug-likeness (QED) is 0.563. The van der Waals surface area contributed by atoms with E-state index >= 15 is 0 Å². The monoisotopic (exact) mass is 221 g/mol. The Morgan fingerprint density at radius 1 is 1.75 bits per heavy atom. The van der Waals surface area contributed by atoms with Crippen LogP contribution in [0.25, 0.3) is 0 Å². The van der Waals surface area contributed by atoms with E-state index in [1.165, 1.54) is 3.58 Å². The van der Waals surface area contributed by atoms with E-state index in [2.05, 4.69) is 52.9 Å². The Bertz CT molecular complexity index is 137. The number of hydrogen-bond donors (Lipinski definition) is 0. The fraction of sp³-hybridized carbons (Fsp3) is 0.333. The number of allylic oxidation sites excluding steroid dienone is 2. The van der Waals surface area contributed by atoms with Crippen molar-refractivity contribution in [3.05, 3.63) is 21.9 Å². The molecule has 2 heteroatoms. The molecule has 0 atom stereocenters. The first-order valence-electron chi connectivity index (χ1n) is 2.53. The minimum atomic E-state index is 1.05. The molecular formula is C6H8IN. The lowest BCUT2D eigenvalue weighted by Gasteiger charge is -2.13. The number of likely N-dealkylation sites (N-methyl/N-ethyl adjacent to an activating group) is 1. The topological polar surface area (TPSA) is 3.24 Å². The van der Waals surface area contributed by atoms with Crippen LogP contribution in [0.4, 0.5) is 0 Å². The van der Waals surface area contributed by atoms with E-state index in [0.29, 0.717) is 0 Å². The normalized spacial score (nSPS) is 18.8. The fourth-order valence-corrected chi connectivity index (χ4v) is 0.916. The van der Waals surface area contributed by atoms with Gasteiger partial charge in [-0.2, -0.15) is 0 Å². The number of hydrogen-bond acceptors (Lipinski definition) is 1. The van der Waals surface area contributed by atoms with Crippen LogP contribution in [0.15, 0.2) is 21.9 Å². The first-order valence-corrected chi connectivity index (χ1v) is 3.61. The Labute approximate surface area is 63.2 Å². The lowest BCUT2D eigenvalue weighted by Crippen LogP contribution is -2.12. The summed E-state index contributed by atoms with van der Waals surface area (Å²) in [6.45, 7) is 1.05. The predicted octanol–water partition coefficient (Wildman–Crippen LogP) is 1.76. The van der Waals surface area contributed by atoms with Gasteiger partial charge in [-0.3, -0.25) is 0 Å². The molecule has 0 aromatic rings. The van der Waals surface area contributed by atoms with Gasteiger partial charge in [-0.05, 0) is 28.7 Å². The Hall–Kier alpha value is 0.01000. The van der Waals surface area contributed by atoms with Crippen LogP contribution in [0.3, 0.4) is 0 Å². The van der Waals surface area contributed by atoms with Gasteiger partial charge >= 0.3 is 0 Å². The maximum absolute atomic E-state index is 2.31. The van der Waals surface area contributed by atoms with Gasteiger partial charge < -0.3 is 4.90 Å². The van der Waals surface area contributed by atoms with Crippen molar-refractivity contribution < 1.29 is 0 Å². The van der Waals surface area contributed by atoms with Crippen LogP contribution in [-0.4, -0.2) is 18.5 Å². The molecule has 0 amide bonds. The third kappa shape index (κ3) is 1.51. The van der Waals surface area contributed by atoms with Crippen molar-refractivity contribution in [2.24, 2.45) is 0 Å². The summed E-state index contributed by atoms with van der Waals surface area (Å²) >= 11 is 2.31. The zero-order valence-electron chi connectivity index (χ0n) is 4.76. The van der Waals surface area contributed by atoms with Gasteiger partial charge in [0.05, 0.1) is 0 Å². The molecule has 0 fully saturated rings. The minimum Gasteiger partial charge on any atom is -0.377 e. The number of nitrogens with zero attached hydrogens (tertiary/aromatic N) is 1. The fourth-order valence-electron chi connectivity index (χ4n) is 0.559. The summed E-state index contributed by atoms with van der Waals surface area (Å²) in [6.07, 6.45) is 6.38. The first-order chi connectivity index (χ1) is 3.79. The standard InChI is InChI=1S/C6H8IN/c1-8-4-2-6(7)3-5-8/h2-4H,5H2,1H3. The highest BCUT2D eigenvalue weighted by Crippen LogP contribution is 2.11. The molecule has 8 heavy (non-hydrogen) atoms. The second-order valence-electron chi connectivity index (χ2n) is 1.84. The summed E-state index contributed by atoms with van der Waals surface area (Å²) in [6, 6.07) is 0. The van der Waals surface area contributed by atoms with Crippen LogP contribution < -0.4 is 0 Å². The van der Waals surface area contributed by atoms with Gasteiger partial charge in [0.25, 0.3) is 0 Å². The summed E-state index contributed by atoms with van der Waals surface area (Å²) in [5.74, 6) is 0. The van der Waals surface area contributed by atoms with Gasteiger partial charge in [0.2, 0.25) is 0 Å². The van der Waals surface area contributed by atoms with E-state index in [0.717, 1.165) is 6.54 Å². The highest BCUT2D eigenvalue weighted by Gasteiger charge is 1.93. The average Bonchev–Trinajstić information content (AvgIpc) is 1.77. The van der Waals surface area contributed by atoms with E-state index in [9.17, 15) is 0 Å². The van der Waals surface area contributed by atoms with E-state index in [4.69, 9.17) is 0 Å². The van der Waals surface area contributed by atoms with E-state index in [1.807, 2.05) is 0 Å². The summed E-state index contributed by atoms with van der Waals surface area (Å²) < 4.78 is 1.33. The molecule has 0 saturated carbocycles. The molecule has 0 aromatic carbocycles.